The fourth-order valence-corrected chi connectivity index (χ4v) is 2.46. The van der Waals surface area contributed by atoms with Gasteiger partial charge in [-0.1, -0.05) is 0 Å². The van der Waals surface area contributed by atoms with Gasteiger partial charge in [0.15, 0.2) is 0 Å². The number of aliphatic hydroxyl groups excluding tert-OH is 1. The number of aliphatic hydroxyl groups is 1. The van der Waals surface area contributed by atoms with Gasteiger partial charge in [0.2, 0.25) is 0 Å². The molecule has 0 amide bonds. The first-order valence-electron chi connectivity index (χ1n) is 5.98. The molecule has 2 unspecified atom stereocenters. The van der Waals surface area contributed by atoms with Crippen molar-refractivity contribution in [1.82, 2.24) is 0 Å². The molecule has 0 saturated heterocycles. The van der Waals surface area contributed by atoms with Crippen LogP contribution in [-0.2, 0) is 6.18 Å². The second kappa shape index (κ2) is 4.46. The summed E-state index contributed by atoms with van der Waals surface area (Å²) in [5, 5.41) is 9.70. The number of hydrogen-bond donors (Lipinski definition) is 1. The highest BCUT2D eigenvalue weighted by Gasteiger charge is 2.36. The Hall–Kier alpha value is -1.23. The van der Waals surface area contributed by atoms with Crippen molar-refractivity contribution in [3.05, 3.63) is 29.3 Å². The molecule has 0 aromatic heterocycles. The van der Waals surface area contributed by atoms with E-state index in [4.69, 9.17) is 0 Å². The molecule has 1 aromatic carbocycles. The van der Waals surface area contributed by atoms with Gasteiger partial charge < -0.3 is 10.0 Å². The molecule has 0 radical (unpaired) electrons. The highest BCUT2D eigenvalue weighted by Crippen LogP contribution is 2.41. The predicted molar refractivity (Wildman–Crippen MR) is 63.8 cm³/mol. The maximum atomic E-state index is 12.7. The van der Waals surface area contributed by atoms with Crippen molar-refractivity contribution in [3.8, 4) is 0 Å². The van der Waals surface area contributed by atoms with Crippen molar-refractivity contribution in [2.24, 2.45) is 0 Å². The Labute approximate surface area is 104 Å². The number of rotatable bonds is 2. The summed E-state index contributed by atoms with van der Waals surface area (Å²) in [6, 6.07) is 3.78. The van der Waals surface area contributed by atoms with Crippen LogP contribution in [0.15, 0.2) is 18.2 Å². The Bertz CT molecular complexity index is 442. The number of anilines is 1. The summed E-state index contributed by atoms with van der Waals surface area (Å²) in [5.41, 5.74) is 0.753. The normalized spacial score (nSPS) is 21.0. The molecular weight excluding hydrogens is 243 g/mol. The molecule has 5 heteroatoms. The van der Waals surface area contributed by atoms with Crippen molar-refractivity contribution in [1.29, 1.82) is 0 Å². The summed E-state index contributed by atoms with van der Waals surface area (Å²) >= 11 is 0. The molecule has 0 saturated carbocycles. The fourth-order valence-electron chi connectivity index (χ4n) is 2.46. The number of nitrogens with zero attached hydrogens (tertiary/aromatic N) is 1. The molecule has 2 rings (SSSR count). The number of halogens is 3. The van der Waals surface area contributed by atoms with Crippen molar-refractivity contribution in [2.45, 2.75) is 32.0 Å². The zero-order valence-electron chi connectivity index (χ0n) is 10.3. The maximum Gasteiger partial charge on any atom is 0.416 e. The second-order valence-corrected chi connectivity index (χ2v) is 4.66. The minimum absolute atomic E-state index is 0.248. The largest absolute Gasteiger partial charge is 0.416 e. The summed E-state index contributed by atoms with van der Waals surface area (Å²) in [7, 11) is 0. The van der Waals surface area contributed by atoms with Gasteiger partial charge in [0.25, 0.3) is 0 Å². The van der Waals surface area contributed by atoms with Crippen LogP contribution in [0.1, 0.15) is 30.9 Å². The van der Waals surface area contributed by atoms with E-state index in [9.17, 15) is 18.3 Å². The topological polar surface area (TPSA) is 23.5 Å². The number of hydrogen-bond acceptors (Lipinski definition) is 2. The minimum atomic E-state index is -4.34. The number of alkyl halides is 3. The molecule has 1 aromatic rings. The van der Waals surface area contributed by atoms with Crippen LogP contribution >= 0.6 is 0 Å². The lowest BCUT2D eigenvalue weighted by molar-refractivity contribution is -0.137. The molecule has 18 heavy (non-hydrogen) atoms. The summed E-state index contributed by atoms with van der Waals surface area (Å²) in [4.78, 5) is 1.99. The van der Waals surface area contributed by atoms with Crippen LogP contribution < -0.4 is 4.90 Å². The van der Waals surface area contributed by atoms with E-state index < -0.39 is 17.8 Å². The maximum absolute atomic E-state index is 12.7. The summed E-state index contributed by atoms with van der Waals surface area (Å²) in [5.74, 6) is -0.248. The molecule has 1 heterocycles. The Balaban J connectivity index is 2.47. The van der Waals surface area contributed by atoms with Gasteiger partial charge in [-0.25, -0.2) is 0 Å². The monoisotopic (exact) mass is 259 g/mol. The first-order valence-corrected chi connectivity index (χ1v) is 5.98. The zero-order valence-corrected chi connectivity index (χ0v) is 10.3. The molecular formula is C13H16F3NO. The van der Waals surface area contributed by atoms with Crippen molar-refractivity contribution in [3.63, 3.8) is 0 Å². The summed E-state index contributed by atoms with van der Waals surface area (Å²) in [6.07, 6.45) is -4.98. The van der Waals surface area contributed by atoms with Crippen LogP contribution in [0.5, 0.6) is 0 Å². The highest BCUT2D eigenvalue weighted by atomic mass is 19.4. The minimum Gasteiger partial charge on any atom is -0.393 e. The molecule has 1 aliphatic heterocycles. The van der Waals surface area contributed by atoms with Crippen LogP contribution in [0.4, 0.5) is 18.9 Å². The van der Waals surface area contributed by atoms with Crippen LogP contribution in [0, 0.1) is 0 Å². The van der Waals surface area contributed by atoms with E-state index in [1.807, 2.05) is 11.8 Å². The molecule has 0 spiro atoms. The molecule has 0 bridgehead atoms. The second-order valence-electron chi connectivity index (χ2n) is 4.66. The third-order valence-electron chi connectivity index (χ3n) is 3.48. The summed E-state index contributed by atoms with van der Waals surface area (Å²) < 4.78 is 38.1. The van der Waals surface area contributed by atoms with Crippen LogP contribution in [0.25, 0.3) is 0 Å². The van der Waals surface area contributed by atoms with Gasteiger partial charge in [0, 0.05) is 24.7 Å². The van der Waals surface area contributed by atoms with E-state index in [-0.39, 0.29) is 5.92 Å². The highest BCUT2D eigenvalue weighted by molar-refractivity contribution is 5.61. The zero-order chi connectivity index (χ0) is 13.5. The average molecular weight is 259 g/mol. The van der Waals surface area contributed by atoms with Crippen LogP contribution in [0.3, 0.4) is 0 Å². The molecule has 2 nitrogen and oxygen atoms in total. The molecule has 0 aliphatic carbocycles. The van der Waals surface area contributed by atoms with Gasteiger partial charge in [-0.3, -0.25) is 0 Å². The Morgan fingerprint density at radius 2 is 2.11 bits per heavy atom. The van der Waals surface area contributed by atoms with E-state index in [0.717, 1.165) is 18.3 Å². The van der Waals surface area contributed by atoms with Crippen LogP contribution in [-0.4, -0.2) is 24.3 Å². The van der Waals surface area contributed by atoms with Gasteiger partial charge in [-0.2, -0.15) is 13.2 Å². The summed E-state index contributed by atoms with van der Waals surface area (Å²) in [6.45, 7) is 4.87. The van der Waals surface area contributed by atoms with E-state index in [2.05, 4.69) is 0 Å². The molecule has 1 aliphatic rings. The SMILES string of the molecule is CCN1CC(C(C)O)c2cc(C(F)(F)F)ccc21. The lowest BCUT2D eigenvalue weighted by Crippen LogP contribution is -2.25. The number of fused-ring (bicyclic) bond motifs is 1. The quantitative estimate of drug-likeness (QED) is 0.882. The standard InChI is InChI=1S/C13H16F3NO/c1-3-17-7-11(8(2)18)10-6-9(13(14,15)16)4-5-12(10)17/h4-6,8,11,18H,3,7H2,1-2H3. The number of benzene rings is 1. The lowest BCUT2D eigenvalue weighted by Gasteiger charge is -2.18. The van der Waals surface area contributed by atoms with Gasteiger partial charge in [0.1, 0.15) is 0 Å². The third kappa shape index (κ3) is 2.19. The average Bonchev–Trinajstić information content (AvgIpc) is 2.65. The van der Waals surface area contributed by atoms with Gasteiger partial charge >= 0.3 is 6.18 Å². The Kier molecular flexibility index (Phi) is 3.27. The smallest absolute Gasteiger partial charge is 0.393 e. The predicted octanol–water partition coefficient (Wildman–Crippen LogP) is 3.01. The molecule has 0 fully saturated rings. The van der Waals surface area contributed by atoms with Gasteiger partial charge in [0.05, 0.1) is 11.7 Å². The lowest BCUT2D eigenvalue weighted by atomic mass is 9.95. The van der Waals surface area contributed by atoms with Crippen molar-refractivity contribution >= 4 is 5.69 Å². The molecule has 100 valence electrons. The Morgan fingerprint density at radius 1 is 1.44 bits per heavy atom. The van der Waals surface area contributed by atoms with E-state index >= 15 is 0 Å². The van der Waals surface area contributed by atoms with Crippen LogP contribution in [0.2, 0.25) is 0 Å². The molecule has 2 atom stereocenters. The third-order valence-corrected chi connectivity index (χ3v) is 3.48. The van der Waals surface area contributed by atoms with Crippen molar-refractivity contribution < 1.29 is 18.3 Å². The first kappa shape index (κ1) is 13.2. The van der Waals surface area contributed by atoms with E-state index in [1.165, 1.54) is 12.1 Å². The first-order chi connectivity index (χ1) is 8.34. The number of likely N-dealkylation sites (N-methyl/N-ethyl adjacent to an activating group) is 1. The van der Waals surface area contributed by atoms with Gasteiger partial charge in [-0.15, -0.1) is 0 Å². The Morgan fingerprint density at radius 3 is 2.61 bits per heavy atom. The molecule has 1 N–H and O–H groups in total. The van der Waals surface area contributed by atoms with Crippen molar-refractivity contribution in [2.75, 3.05) is 18.0 Å². The van der Waals surface area contributed by atoms with E-state index in [1.54, 1.807) is 6.92 Å². The van der Waals surface area contributed by atoms with E-state index in [0.29, 0.717) is 12.1 Å². The fraction of sp³-hybridized carbons (Fsp3) is 0.538. The van der Waals surface area contributed by atoms with Gasteiger partial charge in [-0.05, 0) is 37.6 Å².